The quantitative estimate of drug-likeness (QED) is 0.758. The van der Waals surface area contributed by atoms with E-state index in [1.165, 1.54) is 0 Å². The summed E-state index contributed by atoms with van der Waals surface area (Å²) in [4.78, 5) is 15.6. The number of Topliss-reactive ketones (excluding diaryl/α,β-unsaturated/α-hetero) is 1. The van der Waals surface area contributed by atoms with Crippen LogP contribution in [0.25, 0.3) is 0 Å². The molecule has 0 N–H and O–H groups in total. The van der Waals surface area contributed by atoms with Gasteiger partial charge in [0.1, 0.15) is 6.61 Å². The molecule has 15 heavy (non-hydrogen) atoms. The van der Waals surface area contributed by atoms with E-state index in [1.54, 1.807) is 6.20 Å². The van der Waals surface area contributed by atoms with Crippen molar-refractivity contribution in [1.82, 2.24) is 4.98 Å². The lowest BCUT2D eigenvalue weighted by molar-refractivity contribution is -0.127. The monoisotopic (exact) mass is 207 g/mol. The van der Waals surface area contributed by atoms with Gasteiger partial charge in [-0.05, 0) is 32.9 Å². The Morgan fingerprint density at radius 1 is 1.40 bits per heavy atom. The molecule has 0 aromatic carbocycles. The van der Waals surface area contributed by atoms with Crippen molar-refractivity contribution in [2.45, 2.75) is 32.8 Å². The summed E-state index contributed by atoms with van der Waals surface area (Å²) < 4.78 is 5.39. The third kappa shape index (κ3) is 5.27. The summed E-state index contributed by atoms with van der Waals surface area (Å²) >= 11 is 0. The van der Waals surface area contributed by atoms with Gasteiger partial charge in [-0.2, -0.15) is 0 Å². The topological polar surface area (TPSA) is 39.2 Å². The number of hydrogen-bond acceptors (Lipinski definition) is 3. The highest BCUT2D eigenvalue weighted by atomic mass is 16.5. The highest BCUT2D eigenvalue weighted by Gasteiger charge is 2.13. The second-order valence-electron chi connectivity index (χ2n) is 4.44. The van der Waals surface area contributed by atoms with Crippen LogP contribution in [0.5, 0.6) is 0 Å². The van der Waals surface area contributed by atoms with Crippen LogP contribution in [0.3, 0.4) is 0 Å². The highest BCUT2D eigenvalue weighted by molar-refractivity contribution is 5.81. The van der Waals surface area contributed by atoms with Crippen molar-refractivity contribution in [1.29, 1.82) is 0 Å². The molecule has 3 heteroatoms. The third-order valence-corrected chi connectivity index (χ3v) is 1.77. The molecular weight excluding hydrogens is 190 g/mol. The Labute approximate surface area is 90.5 Å². The molecular formula is C12H17NO2. The summed E-state index contributed by atoms with van der Waals surface area (Å²) in [6, 6.07) is 5.55. The third-order valence-electron chi connectivity index (χ3n) is 1.77. The molecule has 1 heterocycles. The van der Waals surface area contributed by atoms with Gasteiger partial charge in [0.05, 0.1) is 12.0 Å². The highest BCUT2D eigenvalue weighted by Crippen LogP contribution is 2.06. The standard InChI is InChI=1S/C12H17NO2/c1-12(2,3)15-9-11(14)8-10-6-4-5-7-13-10/h4-7H,8-9H2,1-3H3. The molecule has 0 saturated heterocycles. The van der Waals surface area contributed by atoms with E-state index in [9.17, 15) is 4.79 Å². The van der Waals surface area contributed by atoms with E-state index in [2.05, 4.69) is 4.98 Å². The predicted molar refractivity (Wildman–Crippen MR) is 58.7 cm³/mol. The van der Waals surface area contributed by atoms with Gasteiger partial charge in [-0.25, -0.2) is 0 Å². The van der Waals surface area contributed by atoms with Crippen molar-refractivity contribution in [2.24, 2.45) is 0 Å². The Bertz CT molecular complexity index is 314. The fourth-order valence-electron chi connectivity index (χ4n) is 1.05. The lowest BCUT2D eigenvalue weighted by atomic mass is 10.2. The second kappa shape index (κ2) is 5.03. The molecule has 82 valence electrons. The first kappa shape index (κ1) is 11.9. The molecule has 0 aliphatic rings. The van der Waals surface area contributed by atoms with Crippen LogP contribution in [0.4, 0.5) is 0 Å². The Morgan fingerprint density at radius 3 is 2.67 bits per heavy atom. The van der Waals surface area contributed by atoms with E-state index in [0.29, 0.717) is 6.42 Å². The van der Waals surface area contributed by atoms with E-state index in [-0.39, 0.29) is 18.0 Å². The molecule has 1 aromatic heterocycles. The van der Waals surface area contributed by atoms with Crippen LogP contribution in [0.1, 0.15) is 26.5 Å². The van der Waals surface area contributed by atoms with E-state index >= 15 is 0 Å². The molecule has 0 unspecified atom stereocenters. The normalized spacial score (nSPS) is 11.4. The van der Waals surface area contributed by atoms with Crippen molar-refractivity contribution >= 4 is 5.78 Å². The lowest BCUT2D eigenvalue weighted by Crippen LogP contribution is -2.24. The first-order valence-electron chi connectivity index (χ1n) is 5.03. The Kier molecular flexibility index (Phi) is 3.97. The number of rotatable bonds is 4. The average Bonchev–Trinajstić information content (AvgIpc) is 2.15. The fourth-order valence-corrected chi connectivity index (χ4v) is 1.05. The first-order chi connectivity index (χ1) is 6.97. The van der Waals surface area contributed by atoms with Crippen LogP contribution in [0.2, 0.25) is 0 Å². The van der Waals surface area contributed by atoms with Crippen molar-refractivity contribution in [2.75, 3.05) is 6.61 Å². The molecule has 3 nitrogen and oxygen atoms in total. The van der Waals surface area contributed by atoms with Crippen LogP contribution in [-0.4, -0.2) is 23.0 Å². The van der Waals surface area contributed by atoms with Gasteiger partial charge in [0.2, 0.25) is 0 Å². The molecule has 0 aliphatic carbocycles. The maximum Gasteiger partial charge on any atom is 0.164 e. The minimum absolute atomic E-state index is 0.0589. The van der Waals surface area contributed by atoms with Crippen LogP contribution in [-0.2, 0) is 16.0 Å². The SMILES string of the molecule is CC(C)(C)OCC(=O)Cc1ccccn1. The summed E-state index contributed by atoms with van der Waals surface area (Å²) in [6.07, 6.45) is 2.03. The molecule has 0 aliphatic heterocycles. The van der Waals surface area contributed by atoms with Crippen LogP contribution >= 0.6 is 0 Å². The predicted octanol–water partition coefficient (Wildman–Crippen LogP) is 2.01. The summed E-state index contributed by atoms with van der Waals surface area (Å²) in [5, 5.41) is 0. The molecule has 0 radical (unpaired) electrons. The molecule has 1 rings (SSSR count). The van der Waals surface area contributed by atoms with Gasteiger partial charge in [-0.15, -0.1) is 0 Å². The van der Waals surface area contributed by atoms with Crippen molar-refractivity contribution in [3.05, 3.63) is 30.1 Å². The first-order valence-corrected chi connectivity index (χ1v) is 5.03. The Balaban J connectivity index is 2.38. The largest absolute Gasteiger partial charge is 0.368 e. The van der Waals surface area contributed by atoms with Crippen LogP contribution in [0.15, 0.2) is 24.4 Å². The molecule has 0 atom stereocenters. The Morgan fingerprint density at radius 2 is 2.13 bits per heavy atom. The maximum atomic E-state index is 11.5. The number of aromatic nitrogens is 1. The number of ketones is 1. The van der Waals surface area contributed by atoms with Crippen molar-refractivity contribution in [3.8, 4) is 0 Å². The van der Waals surface area contributed by atoms with Crippen molar-refractivity contribution < 1.29 is 9.53 Å². The number of nitrogens with zero attached hydrogens (tertiary/aromatic N) is 1. The maximum absolute atomic E-state index is 11.5. The molecule has 1 aromatic rings. The zero-order valence-electron chi connectivity index (χ0n) is 9.49. The number of carbonyl (C=O) groups is 1. The van der Waals surface area contributed by atoms with Gasteiger partial charge in [-0.1, -0.05) is 6.07 Å². The molecule has 0 bridgehead atoms. The molecule has 0 spiro atoms. The minimum Gasteiger partial charge on any atom is -0.368 e. The molecule has 0 fully saturated rings. The second-order valence-corrected chi connectivity index (χ2v) is 4.44. The summed E-state index contributed by atoms with van der Waals surface area (Å²) in [5.41, 5.74) is 0.528. The van der Waals surface area contributed by atoms with Gasteiger partial charge in [-0.3, -0.25) is 9.78 Å². The van der Waals surface area contributed by atoms with E-state index < -0.39 is 0 Å². The number of pyridine rings is 1. The average molecular weight is 207 g/mol. The zero-order chi connectivity index (χ0) is 11.3. The summed E-state index contributed by atoms with van der Waals surface area (Å²) in [5.74, 6) is 0.0589. The fraction of sp³-hybridized carbons (Fsp3) is 0.500. The van der Waals surface area contributed by atoms with Crippen LogP contribution in [0, 0.1) is 0 Å². The summed E-state index contributed by atoms with van der Waals surface area (Å²) in [6.45, 7) is 5.95. The van der Waals surface area contributed by atoms with Gasteiger partial charge in [0.15, 0.2) is 5.78 Å². The minimum atomic E-state index is -0.264. The summed E-state index contributed by atoms with van der Waals surface area (Å²) in [7, 11) is 0. The van der Waals surface area contributed by atoms with Crippen LogP contribution < -0.4 is 0 Å². The number of ether oxygens (including phenoxy) is 1. The van der Waals surface area contributed by atoms with E-state index in [0.717, 1.165) is 5.69 Å². The van der Waals surface area contributed by atoms with Gasteiger partial charge in [0, 0.05) is 11.9 Å². The molecule has 0 saturated carbocycles. The molecule has 0 amide bonds. The van der Waals surface area contributed by atoms with Gasteiger partial charge in [0.25, 0.3) is 0 Å². The van der Waals surface area contributed by atoms with Crippen molar-refractivity contribution in [3.63, 3.8) is 0 Å². The lowest BCUT2D eigenvalue weighted by Gasteiger charge is -2.18. The van der Waals surface area contributed by atoms with E-state index in [4.69, 9.17) is 4.74 Å². The zero-order valence-corrected chi connectivity index (χ0v) is 9.49. The number of carbonyl (C=O) groups excluding carboxylic acids is 1. The number of hydrogen-bond donors (Lipinski definition) is 0. The Hall–Kier alpha value is -1.22. The smallest absolute Gasteiger partial charge is 0.164 e. The van der Waals surface area contributed by atoms with Gasteiger partial charge < -0.3 is 4.74 Å². The van der Waals surface area contributed by atoms with E-state index in [1.807, 2.05) is 39.0 Å². The van der Waals surface area contributed by atoms with Gasteiger partial charge >= 0.3 is 0 Å².